The molecular weight excluding hydrogens is 250 g/mol. The third kappa shape index (κ3) is 3.74. The number of carbonyl (C=O) groups is 2. The predicted octanol–water partition coefficient (Wildman–Crippen LogP) is 1.11. The second kappa shape index (κ2) is 6.44. The van der Waals surface area contributed by atoms with Gasteiger partial charge in [-0.15, -0.1) is 6.58 Å². The van der Waals surface area contributed by atoms with Crippen LogP contribution in [0, 0.1) is 0 Å². The highest BCUT2D eigenvalue weighted by atomic mass is 16.5. The molecule has 0 bridgehead atoms. The van der Waals surface area contributed by atoms with Gasteiger partial charge in [0.15, 0.2) is 11.5 Å². The molecule has 1 aromatic carbocycles. The van der Waals surface area contributed by atoms with Crippen LogP contribution in [0.25, 0.3) is 0 Å². The van der Waals surface area contributed by atoms with Crippen molar-refractivity contribution in [1.82, 2.24) is 4.90 Å². The van der Waals surface area contributed by atoms with Gasteiger partial charge in [0.2, 0.25) is 0 Å². The molecule has 0 fully saturated rings. The molecule has 6 nitrogen and oxygen atoms in total. The van der Waals surface area contributed by atoms with Gasteiger partial charge in [0.05, 0.1) is 7.11 Å². The van der Waals surface area contributed by atoms with Crippen LogP contribution in [-0.2, 0) is 4.79 Å². The van der Waals surface area contributed by atoms with E-state index in [4.69, 9.17) is 9.84 Å². The number of phenolic OH excluding ortho intramolecular Hbond substituents is 1. The van der Waals surface area contributed by atoms with Crippen molar-refractivity contribution in [3.05, 3.63) is 36.4 Å². The molecule has 0 radical (unpaired) electrons. The van der Waals surface area contributed by atoms with E-state index in [9.17, 15) is 14.7 Å². The first-order valence-corrected chi connectivity index (χ1v) is 5.48. The summed E-state index contributed by atoms with van der Waals surface area (Å²) in [6, 6.07) is 4.13. The topological polar surface area (TPSA) is 87.1 Å². The molecule has 0 saturated heterocycles. The van der Waals surface area contributed by atoms with E-state index in [0.717, 1.165) is 4.90 Å². The lowest BCUT2D eigenvalue weighted by molar-refractivity contribution is -0.137. The Labute approximate surface area is 110 Å². The van der Waals surface area contributed by atoms with Crippen LogP contribution in [0.15, 0.2) is 30.9 Å². The average Bonchev–Trinajstić information content (AvgIpc) is 2.36. The van der Waals surface area contributed by atoms with Crippen molar-refractivity contribution in [2.45, 2.75) is 0 Å². The quantitative estimate of drug-likeness (QED) is 0.752. The molecule has 6 heteroatoms. The molecule has 0 aliphatic heterocycles. The van der Waals surface area contributed by atoms with Crippen LogP contribution in [-0.4, -0.2) is 47.2 Å². The first kappa shape index (κ1) is 14.6. The third-order valence-corrected chi connectivity index (χ3v) is 2.39. The number of carboxylic acids is 1. The van der Waals surface area contributed by atoms with Gasteiger partial charge in [0.25, 0.3) is 5.91 Å². The van der Waals surface area contributed by atoms with Gasteiger partial charge in [-0.1, -0.05) is 6.08 Å². The molecule has 0 saturated carbocycles. The fraction of sp³-hybridized carbons (Fsp3) is 0.231. The fourth-order valence-electron chi connectivity index (χ4n) is 1.54. The molecular formula is C13H15NO5. The zero-order valence-corrected chi connectivity index (χ0v) is 10.5. The maximum absolute atomic E-state index is 12.1. The van der Waals surface area contributed by atoms with Gasteiger partial charge >= 0.3 is 5.97 Å². The van der Waals surface area contributed by atoms with Crippen molar-refractivity contribution < 1.29 is 24.5 Å². The predicted molar refractivity (Wildman–Crippen MR) is 68.4 cm³/mol. The van der Waals surface area contributed by atoms with Crippen molar-refractivity contribution >= 4 is 11.9 Å². The molecule has 19 heavy (non-hydrogen) atoms. The van der Waals surface area contributed by atoms with E-state index in [0.29, 0.717) is 0 Å². The van der Waals surface area contributed by atoms with E-state index < -0.39 is 18.4 Å². The van der Waals surface area contributed by atoms with E-state index in [1.54, 1.807) is 0 Å². The number of phenols is 1. The fourth-order valence-corrected chi connectivity index (χ4v) is 1.54. The van der Waals surface area contributed by atoms with Crippen molar-refractivity contribution in [3.63, 3.8) is 0 Å². The Morgan fingerprint density at radius 2 is 2.16 bits per heavy atom. The summed E-state index contributed by atoms with van der Waals surface area (Å²) >= 11 is 0. The summed E-state index contributed by atoms with van der Waals surface area (Å²) in [6.45, 7) is 3.15. The third-order valence-electron chi connectivity index (χ3n) is 2.39. The zero-order chi connectivity index (χ0) is 14.4. The number of aliphatic carboxylic acids is 1. The molecule has 0 aromatic heterocycles. The minimum Gasteiger partial charge on any atom is -0.504 e. The maximum atomic E-state index is 12.1. The molecule has 1 rings (SSSR count). The monoisotopic (exact) mass is 265 g/mol. The Balaban J connectivity index is 2.98. The van der Waals surface area contributed by atoms with Gasteiger partial charge in [-0.2, -0.15) is 0 Å². The highest BCUT2D eigenvalue weighted by molar-refractivity contribution is 5.96. The van der Waals surface area contributed by atoms with E-state index in [2.05, 4.69) is 6.58 Å². The van der Waals surface area contributed by atoms with E-state index in [-0.39, 0.29) is 23.6 Å². The molecule has 2 N–H and O–H groups in total. The van der Waals surface area contributed by atoms with Crippen LogP contribution in [0.3, 0.4) is 0 Å². The standard InChI is InChI=1S/C13H15NO5/c1-3-6-14(8-12(16)17)13(18)9-4-5-11(19-2)10(15)7-9/h3-5,7,15H,1,6,8H2,2H3,(H,16,17). The lowest BCUT2D eigenvalue weighted by Gasteiger charge is -2.19. The summed E-state index contributed by atoms with van der Waals surface area (Å²) in [4.78, 5) is 23.9. The van der Waals surface area contributed by atoms with Crippen molar-refractivity contribution in [1.29, 1.82) is 0 Å². The number of carboxylic acid groups (broad SMARTS) is 1. The average molecular weight is 265 g/mol. The maximum Gasteiger partial charge on any atom is 0.323 e. The van der Waals surface area contributed by atoms with Gasteiger partial charge in [-0.05, 0) is 18.2 Å². The first-order chi connectivity index (χ1) is 8.99. The number of hydrogen-bond acceptors (Lipinski definition) is 4. The number of amides is 1. The van der Waals surface area contributed by atoms with Gasteiger partial charge in [-0.25, -0.2) is 0 Å². The second-order valence-electron chi connectivity index (χ2n) is 3.75. The van der Waals surface area contributed by atoms with E-state index in [1.165, 1.54) is 31.4 Å². The number of ether oxygens (including phenoxy) is 1. The lowest BCUT2D eigenvalue weighted by atomic mass is 10.1. The van der Waals surface area contributed by atoms with Gasteiger partial charge < -0.3 is 19.8 Å². The Bertz CT molecular complexity index is 498. The first-order valence-electron chi connectivity index (χ1n) is 5.48. The van der Waals surface area contributed by atoms with Crippen LogP contribution in [0.5, 0.6) is 11.5 Å². The van der Waals surface area contributed by atoms with Crippen LogP contribution < -0.4 is 4.74 Å². The van der Waals surface area contributed by atoms with Crippen LogP contribution in [0.2, 0.25) is 0 Å². The van der Waals surface area contributed by atoms with Crippen molar-refractivity contribution in [3.8, 4) is 11.5 Å². The Morgan fingerprint density at radius 3 is 2.63 bits per heavy atom. The smallest absolute Gasteiger partial charge is 0.323 e. The summed E-state index contributed by atoms with van der Waals surface area (Å²) < 4.78 is 4.87. The molecule has 102 valence electrons. The van der Waals surface area contributed by atoms with Gasteiger partial charge in [-0.3, -0.25) is 9.59 Å². The van der Waals surface area contributed by atoms with Crippen LogP contribution in [0.4, 0.5) is 0 Å². The summed E-state index contributed by atoms with van der Waals surface area (Å²) in [6.07, 6.45) is 1.43. The largest absolute Gasteiger partial charge is 0.504 e. The molecule has 0 unspecified atom stereocenters. The molecule has 0 aliphatic rings. The highest BCUT2D eigenvalue weighted by Gasteiger charge is 2.18. The van der Waals surface area contributed by atoms with E-state index in [1.807, 2.05) is 0 Å². The number of nitrogens with zero attached hydrogens (tertiary/aromatic N) is 1. The number of hydrogen-bond donors (Lipinski definition) is 2. The number of carbonyl (C=O) groups excluding carboxylic acids is 1. The Hall–Kier alpha value is -2.50. The van der Waals surface area contributed by atoms with Crippen molar-refractivity contribution in [2.75, 3.05) is 20.2 Å². The number of aromatic hydroxyl groups is 1. The van der Waals surface area contributed by atoms with Gasteiger partial charge in [0, 0.05) is 12.1 Å². The second-order valence-corrected chi connectivity index (χ2v) is 3.75. The molecule has 0 spiro atoms. The van der Waals surface area contributed by atoms with Crippen LogP contribution >= 0.6 is 0 Å². The zero-order valence-electron chi connectivity index (χ0n) is 10.5. The Kier molecular flexibility index (Phi) is 4.93. The molecule has 0 aliphatic carbocycles. The molecule has 0 atom stereocenters. The van der Waals surface area contributed by atoms with Gasteiger partial charge in [0.1, 0.15) is 6.54 Å². The SMILES string of the molecule is C=CCN(CC(=O)O)C(=O)c1ccc(OC)c(O)c1. The van der Waals surface area contributed by atoms with Crippen LogP contribution in [0.1, 0.15) is 10.4 Å². The number of methoxy groups -OCH3 is 1. The summed E-state index contributed by atoms with van der Waals surface area (Å²) in [7, 11) is 1.39. The van der Waals surface area contributed by atoms with E-state index >= 15 is 0 Å². The molecule has 1 aromatic rings. The molecule has 1 amide bonds. The minimum atomic E-state index is -1.12. The lowest BCUT2D eigenvalue weighted by Crippen LogP contribution is -2.35. The summed E-state index contributed by atoms with van der Waals surface area (Å²) in [5.41, 5.74) is 0.182. The molecule has 0 heterocycles. The highest BCUT2D eigenvalue weighted by Crippen LogP contribution is 2.26. The summed E-state index contributed by atoms with van der Waals surface area (Å²) in [5, 5.41) is 18.3. The Morgan fingerprint density at radius 1 is 1.47 bits per heavy atom. The summed E-state index contributed by atoms with van der Waals surface area (Å²) in [5.74, 6) is -1.56. The normalized spacial score (nSPS) is 9.74. The number of rotatable bonds is 6. The minimum absolute atomic E-state index is 0.109. The van der Waals surface area contributed by atoms with Crippen molar-refractivity contribution in [2.24, 2.45) is 0 Å². The number of benzene rings is 1.